The van der Waals surface area contributed by atoms with Crippen LogP contribution in [0.15, 0.2) is 84.9 Å². The van der Waals surface area contributed by atoms with Gasteiger partial charge >= 0.3 is 0 Å². The van der Waals surface area contributed by atoms with E-state index in [0.29, 0.717) is 22.4 Å². The molecule has 0 saturated heterocycles. The Morgan fingerprint density at radius 3 is 1.86 bits per heavy atom. The summed E-state index contributed by atoms with van der Waals surface area (Å²) in [6, 6.07) is 24.2. The van der Waals surface area contributed by atoms with Gasteiger partial charge in [-0.15, -0.1) is 0 Å². The summed E-state index contributed by atoms with van der Waals surface area (Å²) >= 11 is 0. The van der Waals surface area contributed by atoms with Crippen molar-refractivity contribution in [1.29, 1.82) is 0 Å². The van der Waals surface area contributed by atoms with Crippen molar-refractivity contribution in [1.82, 2.24) is 4.98 Å². The summed E-state index contributed by atoms with van der Waals surface area (Å²) in [7, 11) is 0. The number of ether oxygens (including phenoxy) is 2. The molecule has 2 saturated carbocycles. The first-order valence-electron chi connectivity index (χ1n) is 15.1. The highest BCUT2D eigenvalue weighted by molar-refractivity contribution is 5.90. The molecule has 0 atom stereocenters. The maximum absolute atomic E-state index is 14.3. The minimum Gasteiger partial charge on any atom is -0.490 e. The van der Waals surface area contributed by atoms with Crippen LogP contribution < -0.4 is 9.47 Å². The highest BCUT2D eigenvalue weighted by Crippen LogP contribution is 2.39. The van der Waals surface area contributed by atoms with E-state index in [1.807, 2.05) is 42.5 Å². The lowest BCUT2D eigenvalue weighted by atomic mass is 9.98. The van der Waals surface area contributed by atoms with Gasteiger partial charge in [0.25, 0.3) is 0 Å². The number of aromatic nitrogens is 1. The molecule has 43 heavy (non-hydrogen) atoms. The third-order valence-corrected chi connectivity index (χ3v) is 8.64. The Bertz CT molecular complexity index is 1770. The van der Waals surface area contributed by atoms with Crippen molar-refractivity contribution in [2.24, 2.45) is 0 Å². The Morgan fingerprint density at radius 2 is 1.16 bits per heavy atom. The molecule has 0 aliphatic heterocycles. The zero-order valence-corrected chi connectivity index (χ0v) is 23.8. The van der Waals surface area contributed by atoms with E-state index in [0.717, 1.165) is 91.0 Å². The smallest absolute Gasteiger partial charge is 0.159 e. The van der Waals surface area contributed by atoms with Crippen LogP contribution in [-0.2, 0) is 0 Å². The minimum atomic E-state index is -0.903. The first-order valence-corrected chi connectivity index (χ1v) is 15.1. The fraction of sp³-hybridized carbons (Fsp3) is 0.270. The van der Waals surface area contributed by atoms with Crippen LogP contribution in [0.25, 0.3) is 44.4 Å². The van der Waals surface area contributed by atoms with E-state index < -0.39 is 11.6 Å². The molecule has 5 aromatic rings. The van der Waals surface area contributed by atoms with Crippen LogP contribution >= 0.6 is 0 Å². The lowest BCUT2D eigenvalue weighted by Crippen LogP contribution is -2.11. The average Bonchev–Trinajstić information content (AvgIpc) is 3.74. The van der Waals surface area contributed by atoms with Crippen molar-refractivity contribution in [3.63, 3.8) is 0 Å². The van der Waals surface area contributed by atoms with E-state index in [1.54, 1.807) is 18.2 Å². The summed E-state index contributed by atoms with van der Waals surface area (Å²) in [6.07, 6.45) is 8.86. The second kappa shape index (κ2) is 11.8. The maximum Gasteiger partial charge on any atom is 0.159 e. The maximum atomic E-state index is 14.3. The number of benzene rings is 4. The number of rotatable bonds is 7. The molecule has 2 fully saturated rings. The molecular formula is C37H32F3NO2. The van der Waals surface area contributed by atoms with Crippen molar-refractivity contribution < 1.29 is 22.6 Å². The number of fused-ring (bicyclic) bond motifs is 1. The van der Waals surface area contributed by atoms with Gasteiger partial charge in [-0.2, -0.15) is 0 Å². The average molecular weight is 580 g/mol. The van der Waals surface area contributed by atoms with Gasteiger partial charge in [0.2, 0.25) is 0 Å². The van der Waals surface area contributed by atoms with E-state index >= 15 is 0 Å². The SMILES string of the molecule is Fc1ccc(-c2cc(-c3ccc4cc(OC5CCCC5)c(-c5ccc(F)c(F)c5)cc4n3)ccc2OC2CCCC2)cc1. The molecular weight excluding hydrogens is 547 g/mol. The Balaban J connectivity index is 1.30. The Morgan fingerprint density at radius 1 is 0.535 bits per heavy atom. The molecule has 2 aliphatic carbocycles. The van der Waals surface area contributed by atoms with Crippen LogP contribution in [0.4, 0.5) is 13.2 Å². The van der Waals surface area contributed by atoms with Gasteiger partial charge < -0.3 is 9.47 Å². The minimum absolute atomic E-state index is 0.101. The normalized spacial score (nSPS) is 15.8. The molecule has 0 N–H and O–H groups in total. The zero-order chi connectivity index (χ0) is 29.3. The van der Waals surface area contributed by atoms with Crippen molar-refractivity contribution >= 4 is 10.9 Å². The van der Waals surface area contributed by atoms with E-state index in [4.69, 9.17) is 14.5 Å². The summed E-state index contributed by atoms with van der Waals surface area (Å²) in [6.45, 7) is 0. The zero-order valence-electron chi connectivity index (χ0n) is 23.8. The van der Waals surface area contributed by atoms with E-state index in [2.05, 4.69) is 0 Å². The number of pyridine rings is 1. The van der Waals surface area contributed by atoms with Gasteiger partial charge in [-0.1, -0.05) is 24.3 Å². The third-order valence-electron chi connectivity index (χ3n) is 8.64. The topological polar surface area (TPSA) is 31.4 Å². The largest absolute Gasteiger partial charge is 0.490 e. The molecule has 2 aliphatic rings. The first-order chi connectivity index (χ1) is 21.0. The Hall–Kier alpha value is -4.32. The molecule has 1 heterocycles. The number of hydrogen-bond donors (Lipinski definition) is 0. The molecule has 0 spiro atoms. The fourth-order valence-corrected chi connectivity index (χ4v) is 6.32. The molecule has 3 nitrogen and oxygen atoms in total. The molecule has 6 heteroatoms. The lowest BCUT2D eigenvalue weighted by Gasteiger charge is -2.19. The van der Waals surface area contributed by atoms with Gasteiger partial charge in [-0.25, -0.2) is 18.2 Å². The summed E-state index contributed by atoms with van der Waals surface area (Å²) in [5.41, 5.74) is 5.32. The Labute approximate surface area is 249 Å². The van der Waals surface area contributed by atoms with E-state index in [-0.39, 0.29) is 18.0 Å². The Kier molecular flexibility index (Phi) is 7.52. The van der Waals surface area contributed by atoms with Crippen molar-refractivity contribution in [2.45, 2.75) is 63.6 Å². The van der Waals surface area contributed by atoms with E-state index in [1.165, 1.54) is 18.2 Å². The van der Waals surface area contributed by atoms with Crippen molar-refractivity contribution in [3.8, 4) is 45.0 Å². The highest BCUT2D eigenvalue weighted by atomic mass is 19.2. The van der Waals surface area contributed by atoms with Crippen LogP contribution in [0, 0.1) is 17.5 Å². The predicted octanol–water partition coefficient (Wildman–Crippen LogP) is 10.3. The molecule has 7 rings (SSSR count). The molecule has 218 valence electrons. The molecule has 4 aromatic carbocycles. The monoisotopic (exact) mass is 579 g/mol. The van der Waals surface area contributed by atoms with Gasteiger partial charge in [-0.05, 0) is 123 Å². The van der Waals surface area contributed by atoms with Gasteiger partial charge in [-0.3, -0.25) is 0 Å². The van der Waals surface area contributed by atoms with Crippen LogP contribution in [-0.4, -0.2) is 17.2 Å². The van der Waals surface area contributed by atoms with Crippen LogP contribution in [0.3, 0.4) is 0 Å². The lowest BCUT2D eigenvalue weighted by molar-refractivity contribution is 0.211. The van der Waals surface area contributed by atoms with Gasteiger partial charge in [0.1, 0.15) is 17.3 Å². The summed E-state index contributed by atoms with van der Waals surface area (Å²) in [4.78, 5) is 5.00. The summed E-state index contributed by atoms with van der Waals surface area (Å²) in [5, 5.41) is 0.892. The van der Waals surface area contributed by atoms with Gasteiger partial charge in [0.05, 0.1) is 23.4 Å². The molecule has 0 radical (unpaired) electrons. The number of halogens is 3. The third kappa shape index (κ3) is 5.83. The number of nitrogens with zero attached hydrogens (tertiary/aromatic N) is 1. The fourth-order valence-electron chi connectivity index (χ4n) is 6.32. The quantitative estimate of drug-likeness (QED) is 0.192. The van der Waals surface area contributed by atoms with Crippen molar-refractivity contribution in [3.05, 3.63) is 102 Å². The predicted molar refractivity (Wildman–Crippen MR) is 164 cm³/mol. The standard InChI is InChI=1S/C37H32F3NO2/c38-27-14-9-23(10-15-27)30-19-25(13-18-36(30)42-28-5-1-2-6-28)34-17-12-26-21-37(43-29-7-3-4-8-29)31(22-35(26)41-34)24-11-16-32(39)33(40)20-24/h9-22,28-29H,1-8H2. The number of hydrogen-bond acceptors (Lipinski definition) is 3. The van der Waals surface area contributed by atoms with Crippen molar-refractivity contribution in [2.75, 3.05) is 0 Å². The van der Waals surface area contributed by atoms with Crippen LogP contribution in [0.2, 0.25) is 0 Å². The van der Waals surface area contributed by atoms with Crippen LogP contribution in [0.1, 0.15) is 51.4 Å². The molecule has 1 aromatic heterocycles. The van der Waals surface area contributed by atoms with E-state index in [9.17, 15) is 13.2 Å². The summed E-state index contributed by atoms with van der Waals surface area (Å²) in [5.74, 6) is -0.660. The highest BCUT2D eigenvalue weighted by Gasteiger charge is 2.21. The summed E-state index contributed by atoms with van der Waals surface area (Å²) < 4.78 is 54.7. The molecule has 0 amide bonds. The molecule has 0 unspecified atom stereocenters. The van der Waals surface area contributed by atoms with Crippen LogP contribution in [0.5, 0.6) is 11.5 Å². The first kappa shape index (κ1) is 27.5. The van der Waals surface area contributed by atoms with Gasteiger partial charge in [0, 0.05) is 22.1 Å². The second-order valence-corrected chi connectivity index (χ2v) is 11.6. The molecule has 0 bridgehead atoms. The van der Waals surface area contributed by atoms with Gasteiger partial charge in [0.15, 0.2) is 11.6 Å². The second-order valence-electron chi connectivity index (χ2n) is 11.6.